The van der Waals surface area contributed by atoms with Crippen molar-refractivity contribution in [2.75, 3.05) is 6.61 Å². The summed E-state index contributed by atoms with van der Waals surface area (Å²) >= 11 is 0. The second-order valence-electron chi connectivity index (χ2n) is 6.72. The van der Waals surface area contributed by atoms with Crippen LogP contribution in [0.3, 0.4) is 0 Å². The molecular formula is C21H24O7. The van der Waals surface area contributed by atoms with E-state index in [0.29, 0.717) is 11.1 Å². The van der Waals surface area contributed by atoms with Gasteiger partial charge in [0.15, 0.2) is 0 Å². The van der Waals surface area contributed by atoms with Crippen LogP contribution in [0.2, 0.25) is 0 Å². The largest absolute Gasteiger partial charge is 0.508 e. The summed E-state index contributed by atoms with van der Waals surface area (Å²) in [6, 6.07) is 12.9. The van der Waals surface area contributed by atoms with Crippen LogP contribution in [0.1, 0.15) is 16.7 Å². The zero-order valence-electron chi connectivity index (χ0n) is 15.3. The van der Waals surface area contributed by atoms with Crippen LogP contribution in [0.15, 0.2) is 42.5 Å². The third-order valence-electron chi connectivity index (χ3n) is 4.71. The van der Waals surface area contributed by atoms with Gasteiger partial charge < -0.3 is 35.0 Å². The van der Waals surface area contributed by atoms with Gasteiger partial charge in [-0.1, -0.05) is 42.5 Å². The molecule has 150 valence electrons. The van der Waals surface area contributed by atoms with E-state index in [1.807, 2.05) is 36.4 Å². The second kappa shape index (κ2) is 8.72. The number of phenols is 1. The van der Waals surface area contributed by atoms with Crippen molar-refractivity contribution in [1.82, 2.24) is 0 Å². The Kier molecular flexibility index (Phi) is 6.33. The smallest absolute Gasteiger partial charge is 0.229 e. The van der Waals surface area contributed by atoms with Gasteiger partial charge in [-0.25, -0.2) is 0 Å². The maximum absolute atomic E-state index is 10.2. The van der Waals surface area contributed by atoms with Crippen molar-refractivity contribution in [2.45, 2.75) is 37.6 Å². The second-order valence-corrected chi connectivity index (χ2v) is 6.72. The molecule has 0 spiro atoms. The van der Waals surface area contributed by atoms with Gasteiger partial charge >= 0.3 is 0 Å². The molecule has 2 aromatic carbocycles. The fourth-order valence-electron chi connectivity index (χ4n) is 2.96. The molecule has 1 aliphatic heterocycles. The minimum atomic E-state index is -1.54. The average molecular weight is 388 g/mol. The number of hydrogen-bond acceptors (Lipinski definition) is 7. The first-order valence-corrected chi connectivity index (χ1v) is 8.94. The summed E-state index contributed by atoms with van der Waals surface area (Å²) in [5, 5.41) is 49.4. The first-order valence-electron chi connectivity index (χ1n) is 8.94. The van der Waals surface area contributed by atoms with E-state index < -0.39 is 37.3 Å². The Morgan fingerprint density at radius 3 is 2.32 bits per heavy atom. The van der Waals surface area contributed by atoms with Crippen molar-refractivity contribution in [3.8, 4) is 11.5 Å². The molecule has 0 radical (unpaired) electrons. The summed E-state index contributed by atoms with van der Waals surface area (Å²) in [5.41, 5.74) is 2.07. The van der Waals surface area contributed by atoms with Gasteiger partial charge in [-0.2, -0.15) is 0 Å². The van der Waals surface area contributed by atoms with Gasteiger partial charge in [0.2, 0.25) is 6.29 Å². The molecule has 1 saturated heterocycles. The Balaban J connectivity index is 1.83. The Bertz CT molecular complexity index is 819. The van der Waals surface area contributed by atoms with Gasteiger partial charge in [-0.15, -0.1) is 0 Å². The van der Waals surface area contributed by atoms with Gasteiger partial charge in [0.25, 0.3) is 0 Å². The van der Waals surface area contributed by atoms with E-state index in [1.54, 1.807) is 25.1 Å². The SMILES string of the molecule is Cc1c(O)cc(/C=C/c2ccccc2)cc1O[C@@H]1O[C@H](CO)[C@@H](O)[C@H](O)[C@H]1O. The topological polar surface area (TPSA) is 120 Å². The quantitative estimate of drug-likeness (QED) is 0.486. The number of aliphatic hydroxyl groups is 4. The van der Waals surface area contributed by atoms with Crippen LogP contribution in [0, 0.1) is 6.92 Å². The molecular weight excluding hydrogens is 364 g/mol. The summed E-state index contributed by atoms with van der Waals surface area (Å²) in [5.74, 6) is 0.242. The standard InChI is InChI=1S/C21H24O7/c1-12-15(23)9-14(8-7-13-5-3-2-4-6-13)10-16(12)27-21-20(26)19(25)18(24)17(11-22)28-21/h2-10,17-26H,11H2,1H3/b8-7+/t17-,18-,19+,20-,21-/m1/s1. The Hall–Kier alpha value is -2.42. The zero-order valence-corrected chi connectivity index (χ0v) is 15.3. The predicted octanol–water partition coefficient (Wildman–Crippen LogP) is 1.05. The maximum Gasteiger partial charge on any atom is 0.229 e. The number of aromatic hydroxyl groups is 1. The number of benzene rings is 2. The minimum Gasteiger partial charge on any atom is -0.508 e. The predicted molar refractivity (Wildman–Crippen MR) is 103 cm³/mol. The zero-order chi connectivity index (χ0) is 20.3. The summed E-state index contributed by atoms with van der Waals surface area (Å²) in [6.45, 7) is 1.09. The van der Waals surface area contributed by atoms with Gasteiger partial charge in [0.1, 0.15) is 35.9 Å². The molecule has 1 heterocycles. The number of hydrogen-bond donors (Lipinski definition) is 5. The molecule has 0 aliphatic carbocycles. The highest BCUT2D eigenvalue weighted by molar-refractivity contribution is 5.71. The molecule has 5 N–H and O–H groups in total. The summed E-state index contributed by atoms with van der Waals surface area (Å²) in [6.07, 6.45) is -3.24. The minimum absolute atomic E-state index is 0.00481. The molecule has 1 aliphatic rings. The molecule has 0 unspecified atom stereocenters. The molecule has 3 rings (SSSR count). The molecule has 5 atom stereocenters. The van der Waals surface area contributed by atoms with Crippen molar-refractivity contribution in [2.24, 2.45) is 0 Å². The molecule has 7 nitrogen and oxygen atoms in total. The highest BCUT2D eigenvalue weighted by Gasteiger charge is 2.44. The van der Waals surface area contributed by atoms with Crippen LogP contribution in [0.25, 0.3) is 12.2 Å². The van der Waals surface area contributed by atoms with E-state index in [4.69, 9.17) is 9.47 Å². The van der Waals surface area contributed by atoms with Crippen LogP contribution in [-0.4, -0.2) is 62.8 Å². The van der Waals surface area contributed by atoms with Crippen molar-refractivity contribution < 1.29 is 35.0 Å². The van der Waals surface area contributed by atoms with E-state index in [9.17, 15) is 25.5 Å². The highest BCUT2D eigenvalue weighted by atomic mass is 16.7. The number of rotatable bonds is 5. The normalized spacial score (nSPS) is 27.8. The first-order chi connectivity index (χ1) is 13.4. The van der Waals surface area contributed by atoms with Crippen LogP contribution in [0.5, 0.6) is 11.5 Å². The Labute approximate surface area is 162 Å². The summed E-state index contributed by atoms with van der Waals surface area (Å²) in [4.78, 5) is 0. The van der Waals surface area contributed by atoms with Crippen LogP contribution < -0.4 is 4.74 Å². The lowest BCUT2D eigenvalue weighted by Gasteiger charge is -2.39. The van der Waals surface area contributed by atoms with E-state index in [0.717, 1.165) is 5.56 Å². The van der Waals surface area contributed by atoms with Crippen molar-refractivity contribution in [3.63, 3.8) is 0 Å². The molecule has 0 amide bonds. The van der Waals surface area contributed by atoms with E-state index in [2.05, 4.69) is 0 Å². The molecule has 1 fully saturated rings. The van der Waals surface area contributed by atoms with Gasteiger partial charge in [0, 0.05) is 5.56 Å². The third-order valence-corrected chi connectivity index (χ3v) is 4.71. The Morgan fingerprint density at radius 2 is 1.64 bits per heavy atom. The van der Waals surface area contributed by atoms with Crippen LogP contribution in [0.4, 0.5) is 0 Å². The Morgan fingerprint density at radius 1 is 0.964 bits per heavy atom. The lowest BCUT2D eigenvalue weighted by Crippen LogP contribution is -2.60. The molecule has 28 heavy (non-hydrogen) atoms. The molecule has 2 aromatic rings. The number of aliphatic hydroxyl groups excluding tert-OH is 4. The van der Waals surface area contributed by atoms with Crippen LogP contribution in [-0.2, 0) is 4.74 Å². The highest BCUT2D eigenvalue weighted by Crippen LogP contribution is 2.32. The monoisotopic (exact) mass is 388 g/mol. The third kappa shape index (κ3) is 4.35. The van der Waals surface area contributed by atoms with Gasteiger partial charge in [-0.05, 0) is 30.2 Å². The maximum atomic E-state index is 10.2. The van der Waals surface area contributed by atoms with Crippen LogP contribution >= 0.6 is 0 Å². The average Bonchev–Trinajstić information content (AvgIpc) is 2.71. The number of phenolic OH excluding ortho intramolecular Hbond substituents is 1. The number of ether oxygens (including phenoxy) is 2. The fraction of sp³-hybridized carbons (Fsp3) is 0.333. The molecule has 0 aromatic heterocycles. The first kappa shape index (κ1) is 20.3. The van der Waals surface area contributed by atoms with E-state index >= 15 is 0 Å². The van der Waals surface area contributed by atoms with E-state index in [1.165, 1.54) is 0 Å². The molecule has 0 saturated carbocycles. The lowest BCUT2D eigenvalue weighted by molar-refractivity contribution is -0.277. The summed E-state index contributed by atoms with van der Waals surface area (Å²) < 4.78 is 11.0. The van der Waals surface area contributed by atoms with Crippen molar-refractivity contribution in [1.29, 1.82) is 0 Å². The fourth-order valence-corrected chi connectivity index (χ4v) is 2.96. The van der Waals surface area contributed by atoms with Gasteiger partial charge in [0.05, 0.1) is 6.61 Å². The molecule has 0 bridgehead atoms. The lowest BCUT2D eigenvalue weighted by atomic mass is 9.99. The summed E-state index contributed by atoms with van der Waals surface area (Å²) in [7, 11) is 0. The molecule has 7 heteroatoms. The van der Waals surface area contributed by atoms with E-state index in [-0.39, 0.29) is 11.5 Å². The van der Waals surface area contributed by atoms with Crippen molar-refractivity contribution >= 4 is 12.2 Å². The van der Waals surface area contributed by atoms with Crippen molar-refractivity contribution in [3.05, 3.63) is 59.2 Å². The van der Waals surface area contributed by atoms with Gasteiger partial charge in [-0.3, -0.25) is 0 Å².